The zero-order valence-electron chi connectivity index (χ0n) is 16.0. The van der Waals surface area contributed by atoms with Gasteiger partial charge in [-0.15, -0.1) is 0 Å². The van der Waals surface area contributed by atoms with Gasteiger partial charge in [0, 0.05) is 23.3 Å². The second kappa shape index (κ2) is 9.10. The van der Waals surface area contributed by atoms with Gasteiger partial charge in [0.25, 0.3) is 0 Å². The number of carbonyl (C=O) groups excluding carboxylic acids is 1. The van der Waals surface area contributed by atoms with Crippen LogP contribution in [0.5, 0.6) is 5.75 Å². The minimum atomic E-state index is -3.69. The van der Waals surface area contributed by atoms with Crippen LogP contribution in [0.15, 0.2) is 47.4 Å². The molecule has 2 atom stereocenters. The monoisotopic (exact) mass is 438 g/mol. The molecule has 2 aromatic rings. The summed E-state index contributed by atoms with van der Waals surface area (Å²) in [6.45, 7) is 1.98. The average Bonchev–Trinajstić information content (AvgIpc) is 3.18. The molecule has 4 N–H and O–H groups in total. The third-order valence-electron chi connectivity index (χ3n) is 4.53. The van der Waals surface area contributed by atoms with Gasteiger partial charge in [-0.05, 0) is 42.3 Å². The first-order valence-corrected chi connectivity index (χ1v) is 10.9. The van der Waals surface area contributed by atoms with E-state index in [1.165, 1.54) is 7.11 Å². The van der Waals surface area contributed by atoms with Crippen molar-refractivity contribution >= 4 is 33.2 Å². The van der Waals surface area contributed by atoms with E-state index in [9.17, 15) is 13.2 Å². The molecular formula is C19H23ClN4O4S. The lowest BCUT2D eigenvalue weighted by molar-refractivity contribution is -0.117. The van der Waals surface area contributed by atoms with E-state index in [0.29, 0.717) is 17.1 Å². The number of anilines is 1. The summed E-state index contributed by atoms with van der Waals surface area (Å²) < 4.78 is 32.6. The number of amides is 1. The normalized spacial score (nSPS) is 19.1. The molecule has 1 amide bonds. The van der Waals surface area contributed by atoms with E-state index in [0.717, 1.165) is 5.56 Å². The quantitative estimate of drug-likeness (QED) is 0.527. The van der Waals surface area contributed by atoms with E-state index in [1.54, 1.807) is 49.4 Å². The summed E-state index contributed by atoms with van der Waals surface area (Å²) in [5.74, 6) is 0.0483. The summed E-state index contributed by atoms with van der Waals surface area (Å²) in [6.07, 6.45) is 0.444. The number of ether oxygens (including phenoxy) is 1. The van der Waals surface area contributed by atoms with Crippen molar-refractivity contribution in [3.05, 3.63) is 53.1 Å². The zero-order chi connectivity index (χ0) is 21.0. The average molecular weight is 439 g/mol. The van der Waals surface area contributed by atoms with Crippen LogP contribution in [0, 0.1) is 0 Å². The molecule has 0 aromatic heterocycles. The zero-order valence-corrected chi connectivity index (χ0v) is 17.6. The molecule has 2 unspecified atom stereocenters. The minimum Gasteiger partial charge on any atom is -0.495 e. The summed E-state index contributed by atoms with van der Waals surface area (Å²) in [5.41, 5.74) is 7.35. The van der Waals surface area contributed by atoms with E-state index in [2.05, 4.69) is 20.9 Å². The molecule has 156 valence electrons. The van der Waals surface area contributed by atoms with Crippen molar-refractivity contribution in [1.29, 1.82) is 0 Å². The highest BCUT2D eigenvalue weighted by atomic mass is 35.5. The van der Waals surface area contributed by atoms with Crippen molar-refractivity contribution in [1.82, 2.24) is 15.6 Å². The van der Waals surface area contributed by atoms with E-state index in [1.807, 2.05) is 0 Å². The van der Waals surface area contributed by atoms with Gasteiger partial charge in [-0.25, -0.2) is 24.0 Å². The summed E-state index contributed by atoms with van der Waals surface area (Å²) in [7, 11) is -2.27. The molecule has 1 fully saturated rings. The number of carbonyl (C=O) groups is 1. The van der Waals surface area contributed by atoms with Crippen LogP contribution in [0.2, 0.25) is 5.02 Å². The fraction of sp³-hybridized carbons (Fsp3) is 0.316. The van der Waals surface area contributed by atoms with E-state index in [-0.39, 0.29) is 29.1 Å². The molecule has 0 aliphatic carbocycles. The summed E-state index contributed by atoms with van der Waals surface area (Å²) in [4.78, 5) is 12.6. The molecule has 2 aromatic carbocycles. The topological polar surface area (TPSA) is 109 Å². The van der Waals surface area contributed by atoms with Crippen LogP contribution in [-0.2, 0) is 14.8 Å². The molecule has 1 aliphatic heterocycles. The van der Waals surface area contributed by atoms with E-state index >= 15 is 0 Å². The van der Waals surface area contributed by atoms with Crippen molar-refractivity contribution in [3.8, 4) is 5.75 Å². The third kappa shape index (κ3) is 5.06. The molecule has 0 spiro atoms. The molecule has 3 rings (SSSR count). The largest absolute Gasteiger partial charge is 0.495 e. The van der Waals surface area contributed by atoms with Crippen LogP contribution >= 0.6 is 11.6 Å². The Balaban J connectivity index is 1.75. The Morgan fingerprint density at radius 1 is 1.24 bits per heavy atom. The maximum Gasteiger partial charge on any atom is 0.244 e. The molecule has 1 heterocycles. The van der Waals surface area contributed by atoms with Crippen LogP contribution in [-0.4, -0.2) is 34.0 Å². The number of nitrogens with one attached hydrogen (secondary N) is 4. The molecule has 1 aliphatic rings. The first-order valence-electron chi connectivity index (χ1n) is 9.09. The maximum absolute atomic E-state index is 12.5. The number of benzene rings is 2. The van der Waals surface area contributed by atoms with Gasteiger partial charge >= 0.3 is 0 Å². The maximum atomic E-state index is 12.5. The van der Waals surface area contributed by atoms with Gasteiger partial charge in [0.2, 0.25) is 15.9 Å². The standard InChI is InChI=1S/C19H23ClN4O4S/c1-3-21-29(26,27)18-9-12(7-8-17(18)28-2)15-11-16(24-23-15)19(25)22-14-6-4-5-13(20)10-14/h4-10,15-16,21,23-24H,3,11H2,1-2H3,(H,22,25). The van der Waals surface area contributed by atoms with E-state index < -0.39 is 16.1 Å². The number of rotatable bonds is 7. The second-order valence-corrected chi connectivity index (χ2v) is 8.71. The van der Waals surface area contributed by atoms with E-state index in [4.69, 9.17) is 16.3 Å². The van der Waals surface area contributed by atoms with Gasteiger partial charge in [0.15, 0.2) is 0 Å². The lowest BCUT2D eigenvalue weighted by atomic mass is 10.0. The van der Waals surface area contributed by atoms with Gasteiger partial charge in [0.05, 0.1) is 7.11 Å². The molecule has 1 saturated heterocycles. The molecule has 8 nitrogen and oxygen atoms in total. The van der Waals surface area contributed by atoms with Crippen molar-refractivity contribution in [3.63, 3.8) is 0 Å². The highest BCUT2D eigenvalue weighted by molar-refractivity contribution is 7.89. The predicted molar refractivity (Wildman–Crippen MR) is 111 cm³/mol. The van der Waals surface area contributed by atoms with Gasteiger partial charge < -0.3 is 10.1 Å². The summed E-state index contributed by atoms with van der Waals surface area (Å²) in [5, 5.41) is 3.35. The highest BCUT2D eigenvalue weighted by Crippen LogP contribution is 2.30. The first-order chi connectivity index (χ1) is 13.8. The molecular weight excluding hydrogens is 416 g/mol. The smallest absolute Gasteiger partial charge is 0.244 e. The van der Waals surface area contributed by atoms with Crippen LogP contribution in [0.1, 0.15) is 24.9 Å². The lowest BCUT2D eigenvalue weighted by Gasteiger charge is -2.15. The van der Waals surface area contributed by atoms with Crippen molar-refractivity contribution < 1.29 is 17.9 Å². The fourth-order valence-electron chi connectivity index (χ4n) is 3.13. The van der Waals surface area contributed by atoms with Crippen LogP contribution < -0.4 is 25.6 Å². The number of sulfonamides is 1. The number of halogens is 1. The second-order valence-electron chi connectivity index (χ2n) is 6.54. The fourth-order valence-corrected chi connectivity index (χ4v) is 4.56. The number of methoxy groups -OCH3 is 1. The minimum absolute atomic E-state index is 0.0629. The lowest BCUT2D eigenvalue weighted by Crippen LogP contribution is -2.39. The molecule has 0 radical (unpaired) electrons. The number of hydrazine groups is 1. The SMILES string of the molecule is CCNS(=O)(=O)c1cc(C2CC(C(=O)Nc3cccc(Cl)c3)NN2)ccc1OC. The number of hydrogen-bond donors (Lipinski definition) is 4. The molecule has 0 bridgehead atoms. The predicted octanol–water partition coefficient (Wildman–Crippen LogP) is 2.19. The molecule has 29 heavy (non-hydrogen) atoms. The van der Waals surface area contributed by atoms with Crippen molar-refractivity contribution in [2.75, 3.05) is 19.0 Å². The Bertz CT molecular complexity index is 999. The van der Waals surface area contributed by atoms with Crippen LogP contribution in [0.4, 0.5) is 5.69 Å². The molecule has 0 saturated carbocycles. The van der Waals surface area contributed by atoms with Gasteiger partial charge in [0.1, 0.15) is 16.7 Å². The van der Waals surface area contributed by atoms with Crippen molar-refractivity contribution in [2.45, 2.75) is 30.3 Å². The van der Waals surface area contributed by atoms with Gasteiger partial charge in [-0.2, -0.15) is 0 Å². The van der Waals surface area contributed by atoms with Gasteiger partial charge in [-0.3, -0.25) is 4.79 Å². The number of hydrogen-bond acceptors (Lipinski definition) is 6. The third-order valence-corrected chi connectivity index (χ3v) is 6.33. The first kappa shape index (κ1) is 21.5. The van der Waals surface area contributed by atoms with Crippen molar-refractivity contribution in [2.24, 2.45) is 0 Å². The van der Waals surface area contributed by atoms with Gasteiger partial charge in [-0.1, -0.05) is 30.7 Å². The van der Waals surface area contributed by atoms with Crippen LogP contribution in [0.3, 0.4) is 0 Å². The summed E-state index contributed by atoms with van der Waals surface area (Å²) >= 11 is 5.95. The van der Waals surface area contributed by atoms with Crippen LogP contribution in [0.25, 0.3) is 0 Å². The Morgan fingerprint density at radius 2 is 2.03 bits per heavy atom. The Hall–Kier alpha value is -2.17. The summed E-state index contributed by atoms with van der Waals surface area (Å²) in [6, 6.07) is 11.1. The Labute approximate surface area is 175 Å². The molecule has 10 heteroatoms. The Kier molecular flexibility index (Phi) is 6.76. The highest BCUT2D eigenvalue weighted by Gasteiger charge is 2.31. The Morgan fingerprint density at radius 3 is 2.72 bits per heavy atom.